The average Bonchev–Trinajstić information content (AvgIpc) is 2.28. The van der Waals surface area contributed by atoms with Crippen molar-refractivity contribution in [2.45, 2.75) is 19.3 Å². The first-order chi connectivity index (χ1) is 9.05. The molecule has 0 aromatic heterocycles. The normalized spacial score (nSPS) is 13.7. The van der Waals surface area contributed by atoms with Crippen molar-refractivity contribution in [2.75, 3.05) is 11.9 Å². The molecule has 0 saturated carbocycles. The molecule has 1 rings (SSSR count). The van der Waals surface area contributed by atoms with E-state index in [0.29, 0.717) is 0 Å². The summed E-state index contributed by atoms with van der Waals surface area (Å²) >= 11 is 0. The molecule has 0 radical (unpaired) electrons. The third-order valence-corrected chi connectivity index (χ3v) is 2.60. The molecule has 0 spiro atoms. The van der Waals surface area contributed by atoms with E-state index in [4.69, 9.17) is 5.26 Å². The minimum Gasteiger partial charge on any atom is -0.383 e. The van der Waals surface area contributed by atoms with E-state index in [1.54, 1.807) is 0 Å². The lowest BCUT2D eigenvalue weighted by atomic mass is 10.1. The summed E-state index contributed by atoms with van der Waals surface area (Å²) in [5.41, 5.74) is -1.08. The minimum atomic E-state index is -4.72. The van der Waals surface area contributed by atoms with Crippen LogP contribution in [0, 0.1) is 24.2 Å². The van der Waals surface area contributed by atoms with Crippen molar-refractivity contribution in [3.8, 4) is 6.07 Å². The summed E-state index contributed by atoms with van der Waals surface area (Å²) in [6, 6.07) is 4.17. The van der Waals surface area contributed by atoms with Crippen LogP contribution < -0.4 is 5.32 Å². The standard InChI is InChI=1S/C12H10F6N2/c1-7-2-3-9(4-10(7)12(16,17)18)20-6-8(5-19)11(13,14)15/h2-4,8,20H,6H2,1H3. The Balaban J connectivity index is 2.88. The Morgan fingerprint density at radius 2 is 1.80 bits per heavy atom. The second kappa shape index (κ2) is 5.61. The van der Waals surface area contributed by atoms with Gasteiger partial charge < -0.3 is 5.32 Å². The van der Waals surface area contributed by atoms with Gasteiger partial charge in [0.1, 0.15) is 0 Å². The van der Waals surface area contributed by atoms with Crippen molar-refractivity contribution in [2.24, 2.45) is 5.92 Å². The molecule has 0 heterocycles. The Morgan fingerprint density at radius 3 is 2.25 bits per heavy atom. The van der Waals surface area contributed by atoms with Gasteiger partial charge in [-0.25, -0.2) is 0 Å². The van der Waals surface area contributed by atoms with Crippen LogP contribution in [0.2, 0.25) is 0 Å². The predicted octanol–water partition coefficient (Wildman–Crippen LogP) is 4.13. The van der Waals surface area contributed by atoms with Gasteiger partial charge in [0.05, 0.1) is 11.6 Å². The summed E-state index contributed by atoms with van der Waals surface area (Å²) in [5, 5.41) is 10.6. The summed E-state index contributed by atoms with van der Waals surface area (Å²) in [6.45, 7) is 0.445. The number of nitriles is 1. The Labute approximate surface area is 111 Å². The fourth-order valence-electron chi connectivity index (χ4n) is 1.49. The molecule has 0 aliphatic carbocycles. The highest BCUT2D eigenvalue weighted by atomic mass is 19.4. The number of benzene rings is 1. The average molecular weight is 296 g/mol. The first-order valence-corrected chi connectivity index (χ1v) is 5.43. The predicted molar refractivity (Wildman–Crippen MR) is 59.8 cm³/mol. The van der Waals surface area contributed by atoms with Crippen LogP contribution in [-0.2, 0) is 6.18 Å². The van der Waals surface area contributed by atoms with E-state index in [0.717, 1.165) is 18.2 Å². The van der Waals surface area contributed by atoms with Crippen LogP contribution in [0.3, 0.4) is 0 Å². The van der Waals surface area contributed by atoms with Crippen LogP contribution in [0.25, 0.3) is 0 Å². The Hall–Kier alpha value is -1.91. The van der Waals surface area contributed by atoms with Gasteiger partial charge in [-0.15, -0.1) is 0 Å². The molecule has 1 aromatic rings. The van der Waals surface area contributed by atoms with Gasteiger partial charge in [-0.1, -0.05) is 6.07 Å². The first-order valence-electron chi connectivity index (χ1n) is 5.43. The largest absolute Gasteiger partial charge is 0.416 e. The number of anilines is 1. The molecule has 8 heteroatoms. The number of nitrogens with zero attached hydrogens (tertiary/aromatic N) is 1. The fraction of sp³-hybridized carbons (Fsp3) is 0.417. The zero-order valence-electron chi connectivity index (χ0n) is 10.2. The monoisotopic (exact) mass is 296 g/mol. The Kier molecular flexibility index (Phi) is 4.53. The van der Waals surface area contributed by atoms with Gasteiger partial charge in [-0.2, -0.15) is 31.6 Å². The first kappa shape index (κ1) is 16.1. The maximum Gasteiger partial charge on any atom is 0.416 e. The molecule has 0 aliphatic heterocycles. The maximum absolute atomic E-state index is 12.6. The highest BCUT2D eigenvalue weighted by molar-refractivity contribution is 5.49. The molecule has 110 valence electrons. The van der Waals surface area contributed by atoms with E-state index in [1.165, 1.54) is 13.0 Å². The molecule has 2 nitrogen and oxygen atoms in total. The molecule has 20 heavy (non-hydrogen) atoms. The van der Waals surface area contributed by atoms with Crippen molar-refractivity contribution in [3.63, 3.8) is 0 Å². The lowest BCUT2D eigenvalue weighted by Gasteiger charge is -2.16. The zero-order chi connectivity index (χ0) is 15.6. The van der Waals surface area contributed by atoms with E-state index in [-0.39, 0.29) is 11.3 Å². The quantitative estimate of drug-likeness (QED) is 0.851. The van der Waals surface area contributed by atoms with E-state index in [1.807, 2.05) is 0 Å². The molecule has 1 aromatic carbocycles. The molecular weight excluding hydrogens is 286 g/mol. The maximum atomic E-state index is 12.6. The number of hydrogen-bond donors (Lipinski definition) is 1. The lowest BCUT2D eigenvalue weighted by Crippen LogP contribution is -2.28. The number of hydrogen-bond acceptors (Lipinski definition) is 2. The highest BCUT2D eigenvalue weighted by Gasteiger charge is 2.39. The molecule has 0 aliphatic rings. The second-order valence-corrected chi connectivity index (χ2v) is 4.13. The smallest absolute Gasteiger partial charge is 0.383 e. The highest BCUT2D eigenvalue weighted by Crippen LogP contribution is 2.33. The summed E-state index contributed by atoms with van der Waals surface area (Å²) in [7, 11) is 0. The molecule has 0 amide bonds. The van der Waals surface area contributed by atoms with E-state index in [9.17, 15) is 26.3 Å². The second-order valence-electron chi connectivity index (χ2n) is 4.13. The topological polar surface area (TPSA) is 35.8 Å². The Bertz CT molecular complexity index is 512. The summed E-state index contributed by atoms with van der Waals surface area (Å²) in [6.07, 6.45) is -9.31. The summed E-state index contributed by atoms with van der Waals surface area (Å²) < 4.78 is 74.8. The van der Waals surface area contributed by atoms with Gasteiger partial charge in [0.15, 0.2) is 5.92 Å². The molecule has 0 saturated heterocycles. The van der Waals surface area contributed by atoms with Crippen LogP contribution in [0.5, 0.6) is 0 Å². The number of nitrogens with one attached hydrogen (secondary N) is 1. The SMILES string of the molecule is Cc1ccc(NCC(C#N)C(F)(F)F)cc1C(F)(F)F. The number of alkyl halides is 6. The van der Waals surface area contributed by atoms with Gasteiger partial charge >= 0.3 is 12.4 Å². The van der Waals surface area contributed by atoms with Crippen molar-refractivity contribution >= 4 is 5.69 Å². The van der Waals surface area contributed by atoms with E-state index in [2.05, 4.69) is 5.32 Å². The van der Waals surface area contributed by atoms with Gasteiger partial charge in [-0.05, 0) is 24.6 Å². The van der Waals surface area contributed by atoms with Crippen LogP contribution in [0.1, 0.15) is 11.1 Å². The minimum absolute atomic E-state index is 0.0318. The summed E-state index contributed by atoms with van der Waals surface area (Å²) in [5.74, 6) is -2.28. The molecule has 0 fully saturated rings. The van der Waals surface area contributed by atoms with E-state index >= 15 is 0 Å². The molecule has 1 atom stereocenters. The number of aryl methyl sites for hydroxylation is 1. The molecule has 1 unspecified atom stereocenters. The van der Waals surface area contributed by atoms with Gasteiger partial charge in [0.25, 0.3) is 0 Å². The van der Waals surface area contributed by atoms with Crippen molar-refractivity contribution < 1.29 is 26.3 Å². The van der Waals surface area contributed by atoms with Crippen molar-refractivity contribution in [1.82, 2.24) is 0 Å². The third kappa shape index (κ3) is 4.05. The number of rotatable bonds is 3. The number of halogens is 6. The van der Waals surface area contributed by atoms with Crippen LogP contribution in [0.15, 0.2) is 18.2 Å². The van der Waals surface area contributed by atoms with Gasteiger partial charge in [0.2, 0.25) is 0 Å². The summed E-state index contributed by atoms with van der Waals surface area (Å²) in [4.78, 5) is 0. The van der Waals surface area contributed by atoms with Crippen molar-refractivity contribution in [3.05, 3.63) is 29.3 Å². The third-order valence-electron chi connectivity index (χ3n) is 2.60. The van der Waals surface area contributed by atoms with Crippen LogP contribution in [0.4, 0.5) is 32.0 Å². The fourth-order valence-corrected chi connectivity index (χ4v) is 1.49. The van der Waals surface area contributed by atoms with Crippen LogP contribution in [-0.4, -0.2) is 12.7 Å². The molecular formula is C12H10F6N2. The molecule has 0 bridgehead atoms. The molecule has 1 N–H and O–H groups in total. The van der Waals surface area contributed by atoms with Gasteiger partial charge in [0, 0.05) is 12.2 Å². The van der Waals surface area contributed by atoms with Crippen LogP contribution >= 0.6 is 0 Å². The van der Waals surface area contributed by atoms with Gasteiger partial charge in [-0.3, -0.25) is 0 Å². The van der Waals surface area contributed by atoms with E-state index < -0.39 is 30.4 Å². The Morgan fingerprint density at radius 1 is 1.20 bits per heavy atom. The zero-order valence-corrected chi connectivity index (χ0v) is 10.2. The van der Waals surface area contributed by atoms with Crippen molar-refractivity contribution in [1.29, 1.82) is 5.26 Å². The lowest BCUT2D eigenvalue weighted by molar-refractivity contribution is -0.155.